The Hall–Kier alpha value is -2.26. The summed E-state index contributed by atoms with van der Waals surface area (Å²) in [5.74, 6) is -0.0465. The van der Waals surface area contributed by atoms with E-state index < -0.39 is 0 Å². The first-order valence-corrected chi connectivity index (χ1v) is 6.57. The fourth-order valence-corrected chi connectivity index (χ4v) is 2.28. The normalized spacial score (nSPS) is 10.7. The van der Waals surface area contributed by atoms with Crippen molar-refractivity contribution in [2.24, 2.45) is 0 Å². The fourth-order valence-electron chi connectivity index (χ4n) is 2.00. The van der Waals surface area contributed by atoms with Crippen molar-refractivity contribution in [2.75, 3.05) is 5.32 Å². The fraction of sp³-hybridized carbons (Fsp3) is 0.0625. The number of carbonyl (C=O) groups is 1. The van der Waals surface area contributed by atoms with E-state index in [0.29, 0.717) is 16.3 Å². The van der Waals surface area contributed by atoms with Crippen LogP contribution in [-0.2, 0) is 0 Å². The lowest BCUT2D eigenvalue weighted by atomic mass is 10.2. The van der Waals surface area contributed by atoms with Crippen molar-refractivity contribution in [3.63, 3.8) is 0 Å². The Kier molecular flexibility index (Phi) is 3.20. The molecular weight excluding hydrogens is 274 g/mol. The molecule has 0 aliphatic carbocycles. The van der Waals surface area contributed by atoms with Crippen LogP contribution in [0, 0.1) is 6.92 Å². The number of para-hydroxylation sites is 1. The van der Waals surface area contributed by atoms with E-state index >= 15 is 0 Å². The number of benzene rings is 2. The molecule has 3 nitrogen and oxygen atoms in total. The molecule has 4 heteroatoms. The van der Waals surface area contributed by atoms with Gasteiger partial charge in [0.1, 0.15) is 5.58 Å². The summed E-state index contributed by atoms with van der Waals surface area (Å²) >= 11 is 6.09. The molecule has 0 aliphatic heterocycles. The summed E-state index contributed by atoms with van der Waals surface area (Å²) in [6.07, 6.45) is 0. The van der Waals surface area contributed by atoms with Gasteiger partial charge < -0.3 is 9.73 Å². The maximum Gasteiger partial charge on any atom is 0.291 e. The van der Waals surface area contributed by atoms with Gasteiger partial charge in [-0.2, -0.15) is 0 Å². The number of aryl methyl sites for hydroxylation is 1. The lowest BCUT2D eigenvalue weighted by molar-refractivity contribution is 0.0998. The SMILES string of the molecule is Cc1ccc(NC(=O)c2cc3ccccc3o2)c(Cl)c1. The molecule has 1 N–H and O–H groups in total. The van der Waals surface area contributed by atoms with Crippen molar-refractivity contribution < 1.29 is 9.21 Å². The third-order valence-electron chi connectivity index (χ3n) is 3.02. The molecule has 0 fully saturated rings. The van der Waals surface area contributed by atoms with Gasteiger partial charge in [-0.25, -0.2) is 0 Å². The molecule has 2 aromatic carbocycles. The molecule has 100 valence electrons. The second kappa shape index (κ2) is 5.02. The Morgan fingerprint density at radius 1 is 1.15 bits per heavy atom. The second-order valence-corrected chi connectivity index (χ2v) is 4.99. The number of amides is 1. The molecular formula is C16H12ClNO2. The highest BCUT2D eigenvalue weighted by molar-refractivity contribution is 6.34. The number of fused-ring (bicyclic) bond motifs is 1. The molecule has 0 aliphatic rings. The predicted molar refractivity (Wildman–Crippen MR) is 80.4 cm³/mol. The first-order valence-electron chi connectivity index (χ1n) is 6.19. The number of hydrogen-bond donors (Lipinski definition) is 1. The molecule has 0 atom stereocenters. The molecule has 0 saturated heterocycles. The van der Waals surface area contributed by atoms with E-state index in [-0.39, 0.29) is 11.7 Å². The molecule has 0 spiro atoms. The number of hydrogen-bond acceptors (Lipinski definition) is 2. The van der Waals surface area contributed by atoms with E-state index in [1.54, 1.807) is 18.2 Å². The summed E-state index contributed by atoms with van der Waals surface area (Å²) in [5, 5.41) is 4.15. The smallest absolute Gasteiger partial charge is 0.291 e. The summed E-state index contributed by atoms with van der Waals surface area (Å²) in [5.41, 5.74) is 2.30. The van der Waals surface area contributed by atoms with Crippen LogP contribution < -0.4 is 5.32 Å². The van der Waals surface area contributed by atoms with Gasteiger partial charge in [0.2, 0.25) is 0 Å². The van der Waals surface area contributed by atoms with E-state index in [2.05, 4.69) is 5.32 Å². The Morgan fingerprint density at radius 2 is 1.95 bits per heavy atom. The number of nitrogens with one attached hydrogen (secondary N) is 1. The van der Waals surface area contributed by atoms with Gasteiger partial charge in [-0.05, 0) is 36.8 Å². The third-order valence-corrected chi connectivity index (χ3v) is 3.33. The lowest BCUT2D eigenvalue weighted by Gasteiger charge is -2.06. The van der Waals surface area contributed by atoms with E-state index in [1.165, 1.54) is 0 Å². The van der Waals surface area contributed by atoms with Crippen LogP contribution in [0.5, 0.6) is 0 Å². The number of anilines is 1. The van der Waals surface area contributed by atoms with Gasteiger partial charge in [-0.15, -0.1) is 0 Å². The first-order chi connectivity index (χ1) is 9.63. The average Bonchev–Trinajstić information content (AvgIpc) is 2.86. The van der Waals surface area contributed by atoms with Gasteiger partial charge in [0.25, 0.3) is 5.91 Å². The monoisotopic (exact) mass is 285 g/mol. The summed E-state index contributed by atoms with van der Waals surface area (Å²) in [6.45, 7) is 1.94. The minimum absolute atomic E-state index is 0.267. The standard InChI is InChI=1S/C16H12ClNO2/c1-10-6-7-13(12(17)8-10)18-16(19)15-9-11-4-2-3-5-14(11)20-15/h2-9H,1H3,(H,18,19). The van der Waals surface area contributed by atoms with Gasteiger partial charge in [0.05, 0.1) is 10.7 Å². The highest BCUT2D eigenvalue weighted by Gasteiger charge is 2.13. The largest absolute Gasteiger partial charge is 0.451 e. The molecule has 20 heavy (non-hydrogen) atoms. The van der Waals surface area contributed by atoms with E-state index in [4.69, 9.17) is 16.0 Å². The molecule has 0 saturated carbocycles. The maximum absolute atomic E-state index is 12.2. The van der Waals surface area contributed by atoms with Crippen molar-refractivity contribution in [3.05, 3.63) is 64.9 Å². The summed E-state index contributed by atoms with van der Waals surface area (Å²) in [4.78, 5) is 12.2. The molecule has 1 aromatic heterocycles. The van der Waals surface area contributed by atoms with E-state index in [1.807, 2.05) is 37.3 Å². The zero-order chi connectivity index (χ0) is 14.1. The Morgan fingerprint density at radius 3 is 2.70 bits per heavy atom. The summed E-state index contributed by atoms with van der Waals surface area (Å²) in [7, 11) is 0. The van der Waals surface area contributed by atoms with Crippen LogP contribution in [-0.4, -0.2) is 5.91 Å². The molecule has 1 amide bonds. The van der Waals surface area contributed by atoms with Crippen LogP contribution in [0.15, 0.2) is 52.9 Å². The number of halogens is 1. The second-order valence-electron chi connectivity index (χ2n) is 4.59. The maximum atomic E-state index is 12.2. The molecule has 0 unspecified atom stereocenters. The molecule has 3 aromatic rings. The van der Waals surface area contributed by atoms with Crippen molar-refractivity contribution in [3.8, 4) is 0 Å². The number of rotatable bonds is 2. The van der Waals surface area contributed by atoms with Crippen LogP contribution in [0.3, 0.4) is 0 Å². The summed E-state index contributed by atoms with van der Waals surface area (Å²) < 4.78 is 5.51. The molecule has 3 rings (SSSR count). The van der Waals surface area contributed by atoms with E-state index in [9.17, 15) is 4.79 Å². The molecule has 1 heterocycles. The summed E-state index contributed by atoms with van der Waals surface area (Å²) in [6, 6.07) is 14.7. The number of carbonyl (C=O) groups excluding carboxylic acids is 1. The van der Waals surface area contributed by atoms with Crippen LogP contribution >= 0.6 is 11.6 Å². The van der Waals surface area contributed by atoms with Gasteiger partial charge in [-0.3, -0.25) is 4.79 Å². The van der Waals surface area contributed by atoms with Gasteiger partial charge in [0.15, 0.2) is 5.76 Å². The van der Waals surface area contributed by atoms with Crippen LogP contribution in [0.25, 0.3) is 11.0 Å². The van der Waals surface area contributed by atoms with Crippen molar-refractivity contribution in [2.45, 2.75) is 6.92 Å². The first kappa shape index (κ1) is 12.8. The highest BCUT2D eigenvalue weighted by Crippen LogP contribution is 2.24. The van der Waals surface area contributed by atoms with Crippen molar-refractivity contribution in [1.82, 2.24) is 0 Å². The average molecular weight is 286 g/mol. The topological polar surface area (TPSA) is 42.2 Å². The zero-order valence-electron chi connectivity index (χ0n) is 10.8. The van der Waals surface area contributed by atoms with Gasteiger partial charge >= 0.3 is 0 Å². The van der Waals surface area contributed by atoms with E-state index in [0.717, 1.165) is 10.9 Å². The minimum atomic E-state index is -0.313. The van der Waals surface area contributed by atoms with Crippen LogP contribution in [0.1, 0.15) is 16.1 Å². The zero-order valence-corrected chi connectivity index (χ0v) is 11.6. The third kappa shape index (κ3) is 2.40. The predicted octanol–water partition coefficient (Wildman–Crippen LogP) is 4.65. The van der Waals surface area contributed by atoms with Crippen molar-refractivity contribution in [1.29, 1.82) is 0 Å². The Balaban J connectivity index is 1.89. The quantitative estimate of drug-likeness (QED) is 0.745. The molecule has 0 radical (unpaired) electrons. The minimum Gasteiger partial charge on any atom is -0.451 e. The lowest BCUT2D eigenvalue weighted by Crippen LogP contribution is -2.11. The number of furan rings is 1. The van der Waals surface area contributed by atoms with Gasteiger partial charge in [-0.1, -0.05) is 35.9 Å². The van der Waals surface area contributed by atoms with Crippen LogP contribution in [0.4, 0.5) is 5.69 Å². The Labute approximate surface area is 121 Å². The highest BCUT2D eigenvalue weighted by atomic mass is 35.5. The van der Waals surface area contributed by atoms with Crippen molar-refractivity contribution >= 4 is 34.2 Å². The van der Waals surface area contributed by atoms with Crippen LogP contribution in [0.2, 0.25) is 5.02 Å². The Bertz CT molecular complexity index is 759. The van der Waals surface area contributed by atoms with Gasteiger partial charge in [0, 0.05) is 5.39 Å². The molecule has 0 bridgehead atoms.